The number of hydrogen-bond donors (Lipinski definition) is 2. The summed E-state index contributed by atoms with van der Waals surface area (Å²) in [7, 11) is 0. The standard InChI is InChI=1S/C26H18N4O6S/c31-25(17-3-1-5-21(15-17)29(33)34)27-19-7-11-23(12-8-19)37-24-13-9-20(10-14-24)28-26(32)18-4-2-6-22(16-18)30(35)36/h1-16H,(H,27,31)(H,28,32). The number of rotatable bonds is 8. The summed E-state index contributed by atoms with van der Waals surface area (Å²) < 4.78 is 0. The number of anilines is 2. The Morgan fingerprint density at radius 3 is 1.32 bits per heavy atom. The predicted octanol–water partition coefficient (Wildman–Crippen LogP) is 6.16. The molecule has 10 nitrogen and oxygen atoms in total. The van der Waals surface area contributed by atoms with Gasteiger partial charge in [0.25, 0.3) is 23.2 Å². The summed E-state index contributed by atoms with van der Waals surface area (Å²) in [6, 6.07) is 25.2. The minimum Gasteiger partial charge on any atom is -0.322 e. The van der Waals surface area contributed by atoms with Crippen LogP contribution in [0.25, 0.3) is 0 Å². The van der Waals surface area contributed by atoms with Crippen molar-refractivity contribution in [2.45, 2.75) is 9.79 Å². The van der Waals surface area contributed by atoms with Gasteiger partial charge in [0.05, 0.1) is 9.85 Å². The van der Waals surface area contributed by atoms with Gasteiger partial charge in [-0.15, -0.1) is 0 Å². The van der Waals surface area contributed by atoms with Gasteiger partial charge in [-0.25, -0.2) is 0 Å². The van der Waals surface area contributed by atoms with Crippen molar-refractivity contribution < 1.29 is 19.4 Å². The fraction of sp³-hybridized carbons (Fsp3) is 0. The van der Waals surface area contributed by atoms with E-state index in [9.17, 15) is 29.8 Å². The van der Waals surface area contributed by atoms with Crippen molar-refractivity contribution in [3.05, 3.63) is 128 Å². The maximum Gasteiger partial charge on any atom is 0.270 e. The second-order valence-electron chi connectivity index (χ2n) is 7.67. The van der Waals surface area contributed by atoms with E-state index >= 15 is 0 Å². The summed E-state index contributed by atoms with van der Waals surface area (Å²) in [5, 5.41) is 27.3. The molecule has 0 saturated heterocycles. The molecule has 0 heterocycles. The molecule has 0 unspecified atom stereocenters. The fourth-order valence-electron chi connectivity index (χ4n) is 3.28. The van der Waals surface area contributed by atoms with Crippen LogP contribution in [0, 0.1) is 20.2 Å². The lowest BCUT2D eigenvalue weighted by Gasteiger charge is -2.08. The smallest absolute Gasteiger partial charge is 0.270 e. The molecular formula is C26H18N4O6S. The van der Waals surface area contributed by atoms with Crippen LogP contribution in [-0.4, -0.2) is 21.7 Å². The van der Waals surface area contributed by atoms with Crippen LogP contribution < -0.4 is 10.6 Å². The molecule has 37 heavy (non-hydrogen) atoms. The van der Waals surface area contributed by atoms with Crippen LogP contribution in [0.1, 0.15) is 20.7 Å². The first-order chi connectivity index (χ1) is 17.8. The van der Waals surface area contributed by atoms with E-state index in [-0.39, 0.29) is 22.5 Å². The molecule has 0 radical (unpaired) electrons. The highest BCUT2D eigenvalue weighted by Gasteiger charge is 2.13. The molecule has 0 aromatic heterocycles. The number of nitro groups is 2. The van der Waals surface area contributed by atoms with Crippen LogP contribution in [0.5, 0.6) is 0 Å². The summed E-state index contributed by atoms with van der Waals surface area (Å²) in [4.78, 5) is 47.3. The average molecular weight is 515 g/mol. The maximum atomic E-state index is 12.4. The second-order valence-corrected chi connectivity index (χ2v) is 8.82. The van der Waals surface area contributed by atoms with E-state index in [0.717, 1.165) is 9.79 Å². The third kappa shape index (κ3) is 6.55. The SMILES string of the molecule is O=C(Nc1ccc(Sc2ccc(NC(=O)c3cccc([N+](=O)[O-])c3)cc2)cc1)c1cccc([N+](=O)[O-])c1. The summed E-state index contributed by atoms with van der Waals surface area (Å²) in [6.45, 7) is 0. The molecular weight excluding hydrogens is 496 g/mol. The van der Waals surface area contributed by atoms with Gasteiger partial charge in [0, 0.05) is 56.6 Å². The average Bonchev–Trinajstić information content (AvgIpc) is 2.91. The van der Waals surface area contributed by atoms with Crippen molar-refractivity contribution in [3.63, 3.8) is 0 Å². The molecule has 0 aliphatic rings. The summed E-state index contributed by atoms with van der Waals surface area (Å²) in [5.41, 5.74) is 1.14. The number of carbonyl (C=O) groups excluding carboxylic acids is 2. The second kappa shape index (κ2) is 11.1. The third-order valence-electron chi connectivity index (χ3n) is 5.10. The molecule has 4 rings (SSSR count). The van der Waals surface area contributed by atoms with Crippen molar-refractivity contribution in [2.75, 3.05) is 10.6 Å². The molecule has 0 bridgehead atoms. The molecule has 4 aromatic carbocycles. The van der Waals surface area contributed by atoms with E-state index in [2.05, 4.69) is 10.6 Å². The number of non-ortho nitro benzene ring substituents is 2. The van der Waals surface area contributed by atoms with Gasteiger partial charge in [0.1, 0.15) is 0 Å². The lowest BCUT2D eigenvalue weighted by atomic mass is 10.2. The topological polar surface area (TPSA) is 144 Å². The molecule has 0 fully saturated rings. The Balaban J connectivity index is 1.34. The molecule has 184 valence electrons. The third-order valence-corrected chi connectivity index (χ3v) is 6.11. The number of carbonyl (C=O) groups is 2. The van der Waals surface area contributed by atoms with Crippen molar-refractivity contribution >= 4 is 46.3 Å². The molecule has 2 N–H and O–H groups in total. The number of nitrogens with one attached hydrogen (secondary N) is 2. The molecule has 0 atom stereocenters. The molecule has 0 saturated carbocycles. The summed E-state index contributed by atoms with van der Waals surface area (Å²) in [6.07, 6.45) is 0. The highest BCUT2D eigenvalue weighted by Crippen LogP contribution is 2.30. The van der Waals surface area contributed by atoms with Gasteiger partial charge in [-0.2, -0.15) is 0 Å². The van der Waals surface area contributed by atoms with Crippen molar-refractivity contribution in [2.24, 2.45) is 0 Å². The van der Waals surface area contributed by atoms with E-state index in [1.807, 2.05) is 24.3 Å². The van der Waals surface area contributed by atoms with E-state index in [1.54, 1.807) is 24.3 Å². The Labute approximate surface area is 214 Å². The van der Waals surface area contributed by atoms with Gasteiger partial charge < -0.3 is 10.6 Å². The number of nitrogens with zero attached hydrogens (tertiary/aromatic N) is 2. The van der Waals surface area contributed by atoms with E-state index in [0.29, 0.717) is 11.4 Å². The van der Waals surface area contributed by atoms with Crippen LogP contribution in [0.2, 0.25) is 0 Å². The summed E-state index contributed by atoms with van der Waals surface area (Å²) >= 11 is 1.47. The molecule has 0 aliphatic carbocycles. The minimum absolute atomic E-state index is 0.158. The molecule has 0 spiro atoms. The van der Waals surface area contributed by atoms with Gasteiger partial charge in [0.15, 0.2) is 0 Å². The zero-order valence-electron chi connectivity index (χ0n) is 19.0. The lowest BCUT2D eigenvalue weighted by Crippen LogP contribution is -2.12. The number of amides is 2. The number of hydrogen-bond acceptors (Lipinski definition) is 7. The zero-order chi connectivity index (χ0) is 26.4. The van der Waals surface area contributed by atoms with E-state index < -0.39 is 21.7 Å². The van der Waals surface area contributed by atoms with Crippen molar-refractivity contribution in [1.82, 2.24) is 0 Å². The van der Waals surface area contributed by atoms with Gasteiger partial charge in [-0.3, -0.25) is 29.8 Å². The van der Waals surface area contributed by atoms with Gasteiger partial charge >= 0.3 is 0 Å². The van der Waals surface area contributed by atoms with Crippen molar-refractivity contribution in [1.29, 1.82) is 0 Å². The van der Waals surface area contributed by atoms with E-state index in [4.69, 9.17) is 0 Å². The molecule has 0 aliphatic heterocycles. The monoisotopic (exact) mass is 514 g/mol. The van der Waals surface area contributed by atoms with Crippen molar-refractivity contribution in [3.8, 4) is 0 Å². The van der Waals surface area contributed by atoms with Gasteiger partial charge in [-0.1, -0.05) is 23.9 Å². The quantitative estimate of drug-likeness (QED) is 0.212. The Bertz CT molecular complexity index is 1380. The maximum absolute atomic E-state index is 12.4. The Morgan fingerprint density at radius 2 is 0.973 bits per heavy atom. The molecule has 4 aromatic rings. The highest BCUT2D eigenvalue weighted by atomic mass is 32.2. The van der Waals surface area contributed by atoms with Gasteiger partial charge in [-0.05, 0) is 60.7 Å². The van der Waals surface area contributed by atoms with E-state index in [1.165, 1.54) is 60.3 Å². The number of benzene rings is 4. The van der Waals surface area contributed by atoms with Crippen LogP contribution in [0.3, 0.4) is 0 Å². The Morgan fingerprint density at radius 1 is 0.595 bits per heavy atom. The lowest BCUT2D eigenvalue weighted by molar-refractivity contribution is -0.385. The Hall–Kier alpha value is -5.03. The zero-order valence-corrected chi connectivity index (χ0v) is 19.8. The summed E-state index contributed by atoms with van der Waals surface area (Å²) in [5.74, 6) is -0.904. The highest BCUT2D eigenvalue weighted by molar-refractivity contribution is 7.99. The van der Waals surface area contributed by atoms with Crippen LogP contribution >= 0.6 is 11.8 Å². The van der Waals surface area contributed by atoms with Crippen LogP contribution in [0.15, 0.2) is 107 Å². The Kier molecular flexibility index (Phi) is 7.55. The first-order valence-electron chi connectivity index (χ1n) is 10.8. The fourth-order valence-corrected chi connectivity index (χ4v) is 4.09. The first kappa shape index (κ1) is 25.1. The number of nitro benzene ring substituents is 2. The minimum atomic E-state index is -0.555. The molecule has 2 amide bonds. The molecule has 11 heteroatoms. The first-order valence-corrected chi connectivity index (χ1v) is 11.6. The van der Waals surface area contributed by atoms with Crippen LogP contribution in [-0.2, 0) is 0 Å². The predicted molar refractivity (Wildman–Crippen MR) is 139 cm³/mol. The van der Waals surface area contributed by atoms with Gasteiger partial charge in [0.2, 0.25) is 0 Å². The largest absolute Gasteiger partial charge is 0.322 e. The normalized spacial score (nSPS) is 10.4. The van der Waals surface area contributed by atoms with Crippen LogP contribution in [0.4, 0.5) is 22.7 Å².